The standard InChI is InChI=1S/C22H22F3N3O2/c23-22(24,25)12-4-14-30-21(29)26-13-11-20-27-15-19(28-20)18-9-7-17(8-10-18)16-5-2-1-3-6-16/h1-3,5-10,15H,4,11-14H2,(H,26,29)(H,27,28). The molecule has 1 heterocycles. The molecule has 0 unspecified atom stereocenters. The molecule has 0 spiro atoms. The van der Waals surface area contributed by atoms with Crippen molar-refractivity contribution in [2.45, 2.75) is 25.4 Å². The van der Waals surface area contributed by atoms with Gasteiger partial charge in [-0.1, -0.05) is 54.6 Å². The van der Waals surface area contributed by atoms with E-state index in [0.717, 1.165) is 22.4 Å². The van der Waals surface area contributed by atoms with Gasteiger partial charge in [0.15, 0.2) is 0 Å². The molecule has 3 rings (SSSR count). The van der Waals surface area contributed by atoms with E-state index >= 15 is 0 Å². The van der Waals surface area contributed by atoms with Gasteiger partial charge in [0, 0.05) is 19.4 Å². The van der Waals surface area contributed by atoms with Crippen LogP contribution in [0, 0.1) is 0 Å². The second kappa shape index (κ2) is 9.96. The zero-order valence-corrected chi connectivity index (χ0v) is 16.2. The predicted octanol–water partition coefficient (Wildman–Crippen LogP) is 5.35. The van der Waals surface area contributed by atoms with Crippen LogP contribution in [-0.2, 0) is 11.2 Å². The molecule has 3 aromatic rings. The number of amides is 1. The highest BCUT2D eigenvalue weighted by molar-refractivity contribution is 5.68. The van der Waals surface area contributed by atoms with Crippen LogP contribution >= 0.6 is 0 Å². The molecule has 8 heteroatoms. The number of H-pyrrole nitrogens is 1. The monoisotopic (exact) mass is 417 g/mol. The molecule has 1 amide bonds. The Morgan fingerprint density at radius 1 is 1.00 bits per heavy atom. The van der Waals surface area contributed by atoms with Gasteiger partial charge in [0.25, 0.3) is 0 Å². The fourth-order valence-electron chi connectivity index (χ4n) is 2.88. The summed E-state index contributed by atoms with van der Waals surface area (Å²) in [5, 5.41) is 2.50. The molecule has 0 aliphatic heterocycles. The average molecular weight is 417 g/mol. The summed E-state index contributed by atoms with van der Waals surface area (Å²) in [6.07, 6.45) is -4.02. The molecule has 0 saturated heterocycles. The van der Waals surface area contributed by atoms with E-state index in [1.54, 1.807) is 6.20 Å². The van der Waals surface area contributed by atoms with Crippen molar-refractivity contribution in [3.63, 3.8) is 0 Å². The number of nitrogens with one attached hydrogen (secondary N) is 2. The lowest BCUT2D eigenvalue weighted by Gasteiger charge is -2.08. The number of rotatable bonds is 8. The number of carbonyl (C=O) groups is 1. The molecule has 0 saturated carbocycles. The number of imidazole rings is 1. The Morgan fingerprint density at radius 3 is 2.37 bits per heavy atom. The lowest BCUT2D eigenvalue weighted by Crippen LogP contribution is -2.27. The maximum absolute atomic E-state index is 12.0. The van der Waals surface area contributed by atoms with Gasteiger partial charge in [-0.3, -0.25) is 0 Å². The molecule has 30 heavy (non-hydrogen) atoms. The molecule has 0 aliphatic carbocycles. The van der Waals surface area contributed by atoms with Crippen molar-refractivity contribution >= 4 is 6.09 Å². The molecule has 0 fully saturated rings. The number of aromatic amines is 1. The summed E-state index contributed by atoms with van der Waals surface area (Å²) in [5.74, 6) is 0.689. The second-order valence-corrected chi connectivity index (χ2v) is 6.72. The third kappa shape index (κ3) is 6.65. The number of nitrogens with zero attached hydrogens (tertiary/aromatic N) is 1. The Morgan fingerprint density at radius 2 is 1.67 bits per heavy atom. The van der Waals surface area contributed by atoms with E-state index in [4.69, 9.17) is 4.74 Å². The van der Waals surface area contributed by atoms with Crippen molar-refractivity contribution in [3.8, 4) is 22.4 Å². The minimum atomic E-state index is -4.24. The maximum Gasteiger partial charge on any atom is 0.407 e. The maximum atomic E-state index is 12.0. The number of benzene rings is 2. The van der Waals surface area contributed by atoms with Gasteiger partial charge in [-0.25, -0.2) is 9.78 Å². The molecule has 5 nitrogen and oxygen atoms in total. The normalized spacial score (nSPS) is 11.3. The van der Waals surface area contributed by atoms with Crippen LogP contribution in [0.5, 0.6) is 0 Å². The van der Waals surface area contributed by atoms with Gasteiger partial charge in [0.1, 0.15) is 5.82 Å². The molecule has 0 radical (unpaired) electrons. The van der Waals surface area contributed by atoms with Crippen molar-refractivity contribution in [1.29, 1.82) is 0 Å². The van der Waals surface area contributed by atoms with E-state index in [2.05, 4.69) is 27.4 Å². The zero-order valence-electron chi connectivity index (χ0n) is 16.2. The third-order valence-electron chi connectivity index (χ3n) is 4.40. The number of alkyl halides is 3. The highest BCUT2D eigenvalue weighted by Gasteiger charge is 2.26. The van der Waals surface area contributed by atoms with Crippen molar-refractivity contribution in [2.75, 3.05) is 13.2 Å². The molecule has 1 aromatic heterocycles. The van der Waals surface area contributed by atoms with Crippen LogP contribution in [0.15, 0.2) is 60.8 Å². The van der Waals surface area contributed by atoms with Gasteiger partial charge in [-0.05, 0) is 23.1 Å². The lowest BCUT2D eigenvalue weighted by atomic mass is 10.0. The van der Waals surface area contributed by atoms with Gasteiger partial charge >= 0.3 is 12.3 Å². The van der Waals surface area contributed by atoms with Crippen LogP contribution in [0.4, 0.5) is 18.0 Å². The van der Waals surface area contributed by atoms with Crippen LogP contribution in [0.1, 0.15) is 18.7 Å². The minimum Gasteiger partial charge on any atom is -0.450 e. The van der Waals surface area contributed by atoms with E-state index in [0.29, 0.717) is 12.2 Å². The number of hydrogen-bond donors (Lipinski definition) is 2. The van der Waals surface area contributed by atoms with Crippen LogP contribution in [-0.4, -0.2) is 35.4 Å². The Hall–Kier alpha value is -3.29. The van der Waals surface area contributed by atoms with Gasteiger partial charge in [0.2, 0.25) is 0 Å². The number of hydrogen-bond acceptors (Lipinski definition) is 3. The predicted molar refractivity (Wildman–Crippen MR) is 108 cm³/mol. The highest BCUT2D eigenvalue weighted by atomic mass is 19.4. The lowest BCUT2D eigenvalue weighted by molar-refractivity contribution is -0.137. The Balaban J connectivity index is 1.43. The fourth-order valence-corrected chi connectivity index (χ4v) is 2.88. The van der Waals surface area contributed by atoms with E-state index in [1.807, 2.05) is 42.5 Å². The number of carbonyl (C=O) groups excluding carboxylic acids is 1. The first-order valence-corrected chi connectivity index (χ1v) is 9.58. The van der Waals surface area contributed by atoms with Crippen LogP contribution in [0.2, 0.25) is 0 Å². The summed E-state index contributed by atoms with van der Waals surface area (Å²) in [4.78, 5) is 19.0. The van der Waals surface area contributed by atoms with Crippen molar-refractivity contribution in [2.24, 2.45) is 0 Å². The minimum absolute atomic E-state index is 0.248. The number of aromatic nitrogens is 2. The summed E-state index contributed by atoms with van der Waals surface area (Å²) in [6.45, 7) is -0.00672. The van der Waals surface area contributed by atoms with Crippen molar-refractivity contribution in [3.05, 3.63) is 66.6 Å². The van der Waals surface area contributed by atoms with E-state index in [1.165, 1.54) is 0 Å². The number of alkyl carbamates (subject to hydrolysis) is 1. The topological polar surface area (TPSA) is 67.0 Å². The Kier molecular flexibility index (Phi) is 7.11. The quantitative estimate of drug-likeness (QED) is 0.485. The molecular weight excluding hydrogens is 395 g/mol. The Bertz CT molecular complexity index is 938. The van der Waals surface area contributed by atoms with Gasteiger partial charge < -0.3 is 15.0 Å². The van der Waals surface area contributed by atoms with E-state index < -0.39 is 18.7 Å². The largest absolute Gasteiger partial charge is 0.450 e. The summed E-state index contributed by atoms with van der Waals surface area (Å²) < 4.78 is 40.8. The summed E-state index contributed by atoms with van der Waals surface area (Å²) in [6, 6.07) is 18.2. The van der Waals surface area contributed by atoms with Crippen molar-refractivity contribution in [1.82, 2.24) is 15.3 Å². The number of halogens is 3. The molecule has 0 bridgehead atoms. The second-order valence-electron chi connectivity index (χ2n) is 6.72. The first kappa shape index (κ1) is 21.4. The van der Waals surface area contributed by atoms with Gasteiger partial charge in [-0.15, -0.1) is 0 Å². The summed E-state index contributed by atoms with van der Waals surface area (Å²) in [5.41, 5.74) is 4.12. The smallest absolute Gasteiger partial charge is 0.407 e. The summed E-state index contributed by atoms with van der Waals surface area (Å²) >= 11 is 0. The van der Waals surface area contributed by atoms with E-state index in [-0.39, 0.29) is 19.6 Å². The molecule has 0 aliphatic rings. The van der Waals surface area contributed by atoms with E-state index in [9.17, 15) is 18.0 Å². The van der Waals surface area contributed by atoms with Crippen LogP contribution in [0.3, 0.4) is 0 Å². The molecular formula is C22H22F3N3O2. The van der Waals surface area contributed by atoms with Gasteiger partial charge in [0.05, 0.1) is 18.5 Å². The van der Waals surface area contributed by atoms with Crippen molar-refractivity contribution < 1.29 is 22.7 Å². The SMILES string of the molecule is O=C(NCCc1ncc(-c2ccc(-c3ccccc3)cc2)[nH]1)OCCCC(F)(F)F. The molecule has 0 atom stereocenters. The number of ether oxygens (including phenoxy) is 1. The van der Waals surface area contributed by atoms with Crippen LogP contribution < -0.4 is 5.32 Å². The van der Waals surface area contributed by atoms with Gasteiger partial charge in [-0.2, -0.15) is 13.2 Å². The highest BCUT2D eigenvalue weighted by Crippen LogP contribution is 2.24. The molecule has 2 N–H and O–H groups in total. The third-order valence-corrected chi connectivity index (χ3v) is 4.40. The fraction of sp³-hybridized carbons (Fsp3) is 0.273. The first-order chi connectivity index (χ1) is 14.4. The average Bonchev–Trinajstić information content (AvgIpc) is 3.20. The molecule has 2 aromatic carbocycles. The molecule has 158 valence electrons. The first-order valence-electron chi connectivity index (χ1n) is 9.58. The zero-order chi connectivity index (χ0) is 21.4. The Labute approximate surface area is 172 Å². The summed E-state index contributed by atoms with van der Waals surface area (Å²) in [7, 11) is 0. The van der Waals surface area contributed by atoms with Crippen LogP contribution in [0.25, 0.3) is 22.4 Å².